The number of carbonyl (C=O) groups is 1. The van der Waals surface area contributed by atoms with Gasteiger partial charge in [-0.1, -0.05) is 11.6 Å². The minimum Gasteiger partial charge on any atom is -0.393 e. The number of amides is 1. The van der Waals surface area contributed by atoms with Gasteiger partial charge in [0.15, 0.2) is 0 Å². The smallest absolute Gasteiger partial charge is 0.268 e. The van der Waals surface area contributed by atoms with Crippen molar-refractivity contribution >= 4 is 17.5 Å². The average molecular weight is 243 g/mol. The maximum absolute atomic E-state index is 11.9. The van der Waals surface area contributed by atoms with E-state index in [0.717, 1.165) is 0 Å². The van der Waals surface area contributed by atoms with Gasteiger partial charge in [0.05, 0.1) is 11.1 Å². The summed E-state index contributed by atoms with van der Waals surface area (Å²) >= 11 is 5.86. The number of hydrogen-bond acceptors (Lipinski definition) is 2. The second-order valence-electron chi connectivity index (χ2n) is 4.13. The van der Waals surface area contributed by atoms with Crippen molar-refractivity contribution in [1.29, 1.82) is 0 Å². The number of rotatable bonds is 3. The van der Waals surface area contributed by atoms with E-state index in [-0.39, 0.29) is 18.1 Å². The van der Waals surface area contributed by atoms with Crippen LogP contribution in [0, 0.1) is 0 Å². The number of aromatic nitrogens is 1. The summed E-state index contributed by atoms with van der Waals surface area (Å²) in [5, 5.41) is 12.6. The number of hydrogen-bond donors (Lipinski definition) is 2. The first-order valence-electron chi connectivity index (χ1n) is 5.44. The fraction of sp³-hybridized carbons (Fsp3) is 0.545. The van der Waals surface area contributed by atoms with E-state index in [9.17, 15) is 4.79 Å². The highest BCUT2D eigenvalue weighted by atomic mass is 35.5. The van der Waals surface area contributed by atoms with E-state index in [1.165, 1.54) is 0 Å². The van der Waals surface area contributed by atoms with Crippen LogP contribution in [0.15, 0.2) is 12.3 Å². The molecule has 0 bridgehead atoms. The molecule has 0 aromatic carbocycles. The highest BCUT2D eigenvalue weighted by Crippen LogP contribution is 2.20. The second-order valence-corrected chi connectivity index (χ2v) is 4.56. The molecule has 1 aromatic heterocycles. The summed E-state index contributed by atoms with van der Waals surface area (Å²) in [5.41, 5.74) is 0.578. The van der Waals surface area contributed by atoms with Crippen LogP contribution in [-0.2, 0) is 6.54 Å². The quantitative estimate of drug-likeness (QED) is 0.842. The van der Waals surface area contributed by atoms with Crippen molar-refractivity contribution in [2.45, 2.75) is 38.5 Å². The Labute approximate surface area is 99.2 Å². The second kappa shape index (κ2) is 4.47. The van der Waals surface area contributed by atoms with Crippen LogP contribution in [0.25, 0.3) is 0 Å². The third-order valence-electron chi connectivity index (χ3n) is 2.88. The molecule has 4 nitrogen and oxygen atoms in total. The molecular weight excluding hydrogens is 228 g/mol. The van der Waals surface area contributed by atoms with E-state index in [2.05, 4.69) is 5.32 Å². The lowest BCUT2D eigenvalue weighted by Gasteiger charge is -2.31. The summed E-state index contributed by atoms with van der Waals surface area (Å²) in [6.45, 7) is 2.67. The van der Waals surface area contributed by atoms with Crippen LogP contribution in [0.4, 0.5) is 0 Å². The molecule has 16 heavy (non-hydrogen) atoms. The molecule has 1 fully saturated rings. The molecule has 1 heterocycles. The SMILES string of the molecule is CCn1cc(Cl)cc1C(=O)NC1CC(O)C1. The first-order valence-corrected chi connectivity index (χ1v) is 5.82. The molecule has 2 N–H and O–H groups in total. The average Bonchev–Trinajstić information content (AvgIpc) is 2.57. The van der Waals surface area contributed by atoms with Gasteiger partial charge >= 0.3 is 0 Å². The van der Waals surface area contributed by atoms with Gasteiger partial charge < -0.3 is 15.0 Å². The summed E-state index contributed by atoms with van der Waals surface area (Å²) in [6, 6.07) is 1.76. The zero-order valence-corrected chi connectivity index (χ0v) is 9.87. The Morgan fingerprint density at radius 2 is 2.38 bits per heavy atom. The molecular formula is C11H15ClN2O2. The topological polar surface area (TPSA) is 54.3 Å². The summed E-state index contributed by atoms with van der Waals surface area (Å²) in [7, 11) is 0. The molecule has 5 heteroatoms. The van der Waals surface area contributed by atoms with Gasteiger partial charge in [0.25, 0.3) is 5.91 Å². The zero-order valence-electron chi connectivity index (χ0n) is 9.11. The van der Waals surface area contributed by atoms with Crippen molar-refractivity contribution in [2.24, 2.45) is 0 Å². The maximum atomic E-state index is 11.9. The summed E-state index contributed by atoms with van der Waals surface area (Å²) < 4.78 is 1.81. The third kappa shape index (κ3) is 2.23. The van der Waals surface area contributed by atoms with Crippen molar-refractivity contribution < 1.29 is 9.90 Å². The lowest BCUT2D eigenvalue weighted by atomic mass is 9.89. The van der Waals surface area contributed by atoms with Gasteiger partial charge in [-0.25, -0.2) is 0 Å². The molecule has 0 saturated heterocycles. The molecule has 1 aromatic rings. The van der Waals surface area contributed by atoms with E-state index in [1.54, 1.807) is 12.3 Å². The molecule has 0 aliphatic heterocycles. The van der Waals surface area contributed by atoms with Gasteiger partial charge in [-0.15, -0.1) is 0 Å². The van der Waals surface area contributed by atoms with Crippen molar-refractivity contribution in [2.75, 3.05) is 0 Å². The number of nitrogens with zero attached hydrogens (tertiary/aromatic N) is 1. The predicted molar refractivity (Wildman–Crippen MR) is 61.6 cm³/mol. The Hall–Kier alpha value is -1.00. The lowest BCUT2D eigenvalue weighted by molar-refractivity contribution is 0.0559. The maximum Gasteiger partial charge on any atom is 0.268 e. The number of aliphatic hydroxyl groups excluding tert-OH is 1. The first-order chi connectivity index (χ1) is 7.60. The van der Waals surface area contributed by atoms with Crippen LogP contribution in [0.3, 0.4) is 0 Å². The molecule has 0 atom stereocenters. The van der Waals surface area contributed by atoms with E-state index >= 15 is 0 Å². The van der Waals surface area contributed by atoms with E-state index in [0.29, 0.717) is 30.1 Å². The highest BCUT2D eigenvalue weighted by Gasteiger charge is 2.29. The van der Waals surface area contributed by atoms with E-state index in [4.69, 9.17) is 16.7 Å². The Morgan fingerprint density at radius 3 is 2.94 bits per heavy atom. The molecule has 0 unspecified atom stereocenters. The van der Waals surface area contributed by atoms with Crippen LogP contribution >= 0.6 is 11.6 Å². The molecule has 0 radical (unpaired) electrons. The number of aliphatic hydroxyl groups is 1. The number of carbonyl (C=O) groups excluding carboxylic acids is 1. The minimum atomic E-state index is -0.258. The highest BCUT2D eigenvalue weighted by molar-refractivity contribution is 6.31. The fourth-order valence-electron chi connectivity index (χ4n) is 1.89. The van der Waals surface area contributed by atoms with Crippen LogP contribution < -0.4 is 5.32 Å². The largest absolute Gasteiger partial charge is 0.393 e. The van der Waals surface area contributed by atoms with E-state index in [1.807, 2.05) is 11.5 Å². The van der Waals surface area contributed by atoms with Crippen molar-refractivity contribution in [3.05, 3.63) is 23.0 Å². The van der Waals surface area contributed by atoms with Gasteiger partial charge in [-0.3, -0.25) is 4.79 Å². The zero-order chi connectivity index (χ0) is 11.7. The van der Waals surface area contributed by atoms with Crippen LogP contribution in [0.2, 0.25) is 5.02 Å². The van der Waals surface area contributed by atoms with Gasteiger partial charge in [0, 0.05) is 18.8 Å². The minimum absolute atomic E-state index is 0.0986. The molecule has 1 aliphatic rings. The molecule has 1 amide bonds. The van der Waals surface area contributed by atoms with Crippen LogP contribution in [0.5, 0.6) is 0 Å². The van der Waals surface area contributed by atoms with Crippen molar-refractivity contribution in [3.8, 4) is 0 Å². The number of aryl methyl sites for hydroxylation is 1. The standard InChI is InChI=1S/C11H15ClN2O2/c1-2-14-6-7(12)3-10(14)11(16)13-8-4-9(15)5-8/h3,6,8-9,15H,2,4-5H2,1H3,(H,13,16). The third-order valence-corrected chi connectivity index (χ3v) is 3.09. The number of nitrogens with one attached hydrogen (secondary N) is 1. The summed E-state index contributed by atoms with van der Waals surface area (Å²) in [4.78, 5) is 11.9. The molecule has 0 spiro atoms. The Kier molecular flexibility index (Phi) is 3.21. The van der Waals surface area contributed by atoms with Crippen LogP contribution in [0.1, 0.15) is 30.3 Å². The Bertz CT molecular complexity index is 397. The number of halogens is 1. The normalized spacial score (nSPS) is 23.9. The first kappa shape index (κ1) is 11.5. The van der Waals surface area contributed by atoms with Crippen molar-refractivity contribution in [1.82, 2.24) is 9.88 Å². The van der Waals surface area contributed by atoms with Crippen molar-refractivity contribution in [3.63, 3.8) is 0 Å². The summed E-state index contributed by atoms with van der Waals surface area (Å²) in [6.07, 6.45) is 2.77. The molecule has 88 valence electrons. The molecule has 2 rings (SSSR count). The Morgan fingerprint density at radius 1 is 1.69 bits per heavy atom. The van der Waals surface area contributed by atoms with Gasteiger partial charge in [-0.2, -0.15) is 0 Å². The van der Waals surface area contributed by atoms with Gasteiger partial charge in [-0.05, 0) is 25.8 Å². The van der Waals surface area contributed by atoms with E-state index < -0.39 is 0 Å². The predicted octanol–water partition coefficient (Wildman–Crippen LogP) is 1.41. The van der Waals surface area contributed by atoms with Gasteiger partial charge in [0.2, 0.25) is 0 Å². The summed E-state index contributed by atoms with van der Waals surface area (Å²) in [5.74, 6) is -0.120. The monoisotopic (exact) mass is 242 g/mol. The Balaban J connectivity index is 2.02. The molecule has 1 saturated carbocycles. The fourth-order valence-corrected chi connectivity index (χ4v) is 2.11. The lowest BCUT2D eigenvalue weighted by Crippen LogP contribution is -2.47. The molecule has 1 aliphatic carbocycles. The van der Waals surface area contributed by atoms with Crippen LogP contribution in [-0.4, -0.2) is 27.7 Å². The van der Waals surface area contributed by atoms with Gasteiger partial charge in [0.1, 0.15) is 5.69 Å².